The number of morpholine rings is 1. The van der Waals surface area contributed by atoms with Crippen LogP contribution in [0.15, 0.2) is 42.6 Å². The number of nitrogens with zero attached hydrogens (tertiary/aromatic N) is 2. The Hall–Kier alpha value is -2.19. The van der Waals surface area contributed by atoms with Gasteiger partial charge in [-0.25, -0.2) is 0 Å². The lowest BCUT2D eigenvalue weighted by molar-refractivity contribution is 0.00436. The summed E-state index contributed by atoms with van der Waals surface area (Å²) in [5, 5.41) is 13.8. The first-order valence-corrected chi connectivity index (χ1v) is 10.1. The van der Waals surface area contributed by atoms with Gasteiger partial charge in [-0.2, -0.15) is 0 Å². The number of benzene rings is 1. The van der Waals surface area contributed by atoms with Crippen molar-refractivity contribution in [3.63, 3.8) is 0 Å². The Morgan fingerprint density at radius 1 is 1.21 bits per heavy atom. The van der Waals surface area contributed by atoms with Crippen LogP contribution in [0.1, 0.15) is 11.3 Å². The molecular weight excluding hydrogens is 370 g/mol. The van der Waals surface area contributed by atoms with Gasteiger partial charge in [0.1, 0.15) is 12.7 Å². The van der Waals surface area contributed by atoms with E-state index in [1.807, 2.05) is 42.6 Å². The smallest absolute Gasteiger partial charge is 0.165 e. The van der Waals surface area contributed by atoms with Crippen LogP contribution in [0, 0.1) is 0 Å². The van der Waals surface area contributed by atoms with Gasteiger partial charge in [-0.05, 0) is 18.2 Å². The first-order valence-electron chi connectivity index (χ1n) is 10.1. The lowest BCUT2D eigenvalue weighted by atomic mass is 10.1. The van der Waals surface area contributed by atoms with Crippen molar-refractivity contribution in [3.05, 3.63) is 53.9 Å². The van der Waals surface area contributed by atoms with Crippen LogP contribution < -0.4 is 14.8 Å². The molecule has 29 heavy (non-hydrogen) atoms. The molecule has 158 valence electrons. The molecule has 3 rings (SSSR count). The van der Waals surface area contributed by atoms with Crippen LogP contribution in [0.3, 0.4) is 0 Å². The summed E-state index contributed by atoms with van der Waals surface area (Å²) in [5.74, 6) is 1.36. The van der Waals surface area contributed by atoms with Gasteiger partial charge in [0.05, 0.1) is 20.3 Å². The molecule has 1 saturated heterocycles. The van der Waals surface area contributed by atoms with Gasteiger partial charge in [0, 0.05) is 56.6 Å². The molecule has 2 heterocycles. The van der Waals surface area contributed by atoms with Crippen molar-refractivity contribution in [2.24, 2.45) is 0 Å². The number of aliphatic hydroxyl groups excluding tert-OH is 1. The van der Waals surface area contributed by atoms with Gasteiger partial charge >= 0.3 is 0 Å². The van der Waals surface area contributed by atoms with Crippen molar-refractivity contribution in [2.45, 2.75) is 19.1 Å². The number of methoxy groups -OCH3 is 1. The first kappa shape index (κ1) is 21.5. The molecule has 0 bridgehead atoms. The average Bonchev–Trinajstić information content (AvgIpc) is 2.77. The lowest BCUT2D eigenvalue weighted by Crippen LogP contribution is -2.42. The van der Waals surface area contributed by atoms with E-state index >= 15 is 0 Å². The topological polar surface area (TPSA) is 76.1 Å². The van der Waals surface area contributed by atoms with Crippen LogP contribution in [0.5, 0.6) is 11.5 Å². The van der Waals surface area contributed by atoms with Gasteiger partial charge < -0.3 is 24.6 Å². The highest BCUT2D eigenvalue weighted by atomic mass is 16.5. The van der Waals surface area contributed by atoms with Crippen LogP contribution in [0.2, 0.25) is 0 Å². The Morgan fingerprint density at radius 2 is 2.07 bits per heavy atom. The summed E-state index contributed by atoms with van der Waals surface area (Å²) in [4.78, 5) is 6.53. The zero-order chi connectivity index (χ0) is 20.3. The molecule has 1 aromatic heterocycles. The number of hydrogen-bond acceptors (Lipinski definition) is 7. The minimum absolute atomic E-state index is 0.221. The molecule has 1 aliphatic heterocycles. The number of aliphatic hydroxyl groups is 1. The summed E-state index contributed by atoms with van der Waals surface area (Å²) < 4.78 is 16.8. The second-order valence-electron chi connectivity index (χ2n) is 7.07. The zero-order valence-corrected chi connectivity index (χ0v) is 17.0. The molecule has 0 aliphatic carbocycles. The number of aromatic nitrogens is 1. The minimum Gasteiger partial charge on any atom is -0.493 e. The molecule has 2 N–H and O–H groups in total. The van der Waals surface area contributed by atoms with E-state index in [1.54, 1.807) is 7.11 Å². The molecule has 0 saturated carbocycles. The number of hydrogen-bond donors (Lipinski definition) is 2. The third kappa shape index (κ3) is 6.97. The van der Waals surface area contributed by atoms with Crippen molar-refractivity contribution in [3.8, 4) is 11.5 Å². The third-order valence-electron chi connectivity index (χ3n) is 4.87. The van der Waals surface area contributed by atoms with Crippen LogP contribution in [-0.2, 0) is 17.7 Å². The third-order valence-corrected chi connectivity index (χ3v) is 4.87. The summed E-state index contributed by atoms with van der Waals surface area (Å²) in [5.41, 5.74) is 2.07. The second-order valence-corrected chi connectivity index (χ2v) is 7.07. The predicted molar refractivity (Wildman–Crippen MR) is 111 cm³/mol. The number of β-amino-alcohol motifs (C(OH)–C–C–N with tert-alkyl or cyclic N) is 1. The van der Waals surface area contributed by atoms with Gasteiger partial charge in [0.2, 0.25) is 0 Å². The Balaban J connectivity index is 1.51. The van der Waals surface area contributed by atoms with Gasteiger partial charge in [-0.15, -0.1) is 0 Å². The monoisotopic (exact) mass is 401 g/mol. The zero-order valence-electron chi connectivity index (χ0n) is 17.0. The average molecular weight is 402 g/mol. The molecule has 7 heteroatoms. The molecule has 2 aromatic rings. The summed E-state index contributed by atoms with van der Waals surface area (Å²) >= 11 is 0. The summed E-state index contributed by atoms with van der Waals surface area (Å²) in [6.45, 7) is 5.39. The second kappa shape index (κ2) is 11.7. The molecule has 0 radical (unpaired) electrons. The number of para-hydroxylation sites is 1. The summed E-state index contributed by atoms with van der Waals surface area (Å²) in [6, 6.07) is 11.8. The number of ether oxygens (including phenoxy) is 3. The van der Waals surface area contributed by atoms with Crippen molar-refractivity contribution in [2.75, 3.05) is 53.1 Å². The Bertz CT molecular complexity index is 723. The maximum Gasteiger partial charge on any atom is 0.165 e. The molecule has 1 atom stereocenters. The van der Waals surface area contributed by atoms with Crippen molar-refractivity contribution >= 4 is 0 Å². The fraction of sp³-hybridized carbons (Fsp3) is 0.500. The number of nitrogens with one attached hydrogen (secondary N) is 1. The molecule has 1 aliphatic rings. The first-order chi connectivity index (χ1) is 14.3. The molecule has 0 amide bonds. The van der Waals surface area contributed by atoms with Crippen molar-refractivity contribution < 1.29 is 19.3 Å². The standard InChI is InChI=1S/C22H31N3O4/c1-27-21-7-4-5-18(15-23-10-8-19-6-2-3-9-24-19)22(21)29-17-20(26)16-25-11-13-28-14-12-25/h2-7,9,20,23,26H,8,10-17H2,1H3. The van der Waals surface area contributed by atoms with E-state index in [0.29, 0.717) is 37.8 Å². The molecule has 7 nitrogen and oxygen atoms in total. The summed E-state index contributed by atoms with van der Waals surface area (Å²) in [6.07, 6.45) is 2.10. The highest BCUT2D eigenvalue weighted by Crippen LogP contribution is 2.31. The number of pyridine rings is 1. The normalized spacial score (nSPS) is 15.8. The van der Waals surface area contributed by atoms with Gasteiger partial charge in [-0.1, -0.05) is 18.2 Å². The lowest BCUT2D eigenvalue weighted by Gasteiger charge is -2.28. The van der Waals surface area contributed by atoms with E-state index in [0.717, 1.165) is 37.3 Å². The minimum atomic E-state index is -0.567. The largest absolute Gasteiger partial charge is 0.493 e. The molecular formula is C22H31N3O4. The van der Waals surface area contributed by atoms with Gasteiger partial charge in [0.15, 0.2) is 11.5 Å². The van der Waals surface area contributed by atoms with E-state index in [4.69, 9.17) is 14.2 Å². The Kier molecular flexibility index (Phi) is 8.70. The van der Waals surface area contributed by atoms with Crippen LogP contribution in [0.4, 0.5) is 0 Å². The Morgan fingerprint density at radius 3 is 2.83 bits per heavy atom. The highest BCUT2D eigenvalue weighted by molar-refractivity contribution is 5.46. The SMILES string of the molecule is COc1cccc(CNCCc2ccccn2)c1OCC(O)CN1CCOCC1. The fourth-order valence-electron chi connectivity index (χ4n) is 3.32. The van der Waals surface area contributed by atoms with E-state index in [2.05, 4.69) is 15.2 Å². The maximum absolute atomic E-state index is 10.4. The fourth-order valence-corrected chi connectivity index (χ4v) is 3.32. The van der Waals surface area contributed by atoms with Crippen molar-refractivity contribution in [1.82, 2.24) is 15.2 Å². The maximum atomic E-state index is 10.4. The van der Waals surface area contributed by atoms with E-state index in [9.17, 15) is 5.11 Å². The highest BCUT2D eigenvalue weighted by Gasteiger charge is 2.17. The van der Waals surface area contributed by atoms with Crippen LogP contribution >= 0.6 is 0 Å². The quantitative estimate of drug-likeness (QED) is 0.553. The van der Waals surface area contributed by atoms with E-state index < -0.39 is 6.10 Å². The molecule has 1 fully saturated rings. The van der Waals surface area contributed by atoms with Gasteiger partial charge in [-0.3, -0.25) is 9.88 Å². The molecule has 1 unspecified atom stereocenters. The van der Waals surface area contributed by atoms with Crippen molar-refractivity contribution in [1.29, 1.82) is 0 Å². The van der Waals surface area contributed by atoms with Crippen LogP contribution in [-0.4, -0.2) is 74.2 Å². The summed E-state index contributed by atoms with van der Waals surface area (Å²) in [7, 11) is 1.63. The van der Waals surface area contributed by atoms with E-state index in [1.165, 1.54) is 0 Å². The van der Waals surface area contributed by atoms with E-state index in [-0.39, 0.29) is 6.61 Å². The molecule has 0 spiro atoms. The Labute approximate surface area is 172 Å². The van der Waals surface area contributed by atoms with Crippen LogP contribution in [0.25, 0.3) is 0 Å². The van der Waals surface area contributed by atoms with Gasteiger partial charge in [0.25, 0.3) is 0 Å². The molecule has 1 aromatic carbocycles. The number of rotatable bonds is 11. The predicted octanol–water partition coefficient (Wildman–Crippen LogP) is 1.49.